The Labute approximate surface area is 147 Å². The number of halogens is 1. The zero-order valence-electron chi connectivity index (χ0n) is 13.5. The molecule has 0 atom stereocenters. The highest BCUT2D eigenvalue weighted by Gasteiger charge is 2.12. The minimum absolute atomic E-state index is 0.202. The minimum Gasteiger partial charge on any atom is -0.304 e. The number of pyridine rings is 1. The number of hydrogen-bond acceptors (Lipinski definition) is 4. The number of carbonyl (C=O) groups excluding carboxylic acids is 1. The molecule has 3 heterocycles. The quantitative estimate of drug-likeness (QED) is 0.615. The molecule has 1 N–H and O–H groups in total. The molecule has 0 aliphatic carbocycles. The molecule has 26 heavy (non-hydrogen) atoms. The lowest BCUT2D eigenvalue weighted by molar-refractivity contribution is 0.102. The van der Waals surface area contributed by atoms with Crippen molar-refractivity contribution < 1.29 is 9.18 Å². The highest BCUT2D eigenvalue weighted by molar-refractivity contribution is 6.02. The van der Waals surface area contributed by atoms with Gasteiger partial charge in [0.2, 0.25) is 0 Å². The molecule has 0 aliphatic heterocycles. The standard InChI is InChI=1S/C18H13FN6O/c19-13-2-1-3-15(12-13)25-10-6-16(22-25)18(26)21-17-7-11-24(23-17)14-4-8-20-9-5-14/h1-12H,(H,21,23,26). The van der Waals surface area contributed by atoms with Gasteiger partial charge in [0, 0.05) is 30.9 Å². The average Bonchev–Trinajstić information content (AvgIpc) is 3.32. The van der Waals surface area contributed by atoms with Crippen LogP contribution in [0.1, 0.15) is 10.5 Å². The first-order valence-corrected chi connectivity index (χ1v) is 7.78. The smallest absolute Gasteiger partial charge is 0.277 e. The Hall–Kier alpha value is -3.81. The fourth-order valence-corrected chi connectivity index (χ4v) is 2.42. The first-order valence-electron chi connectivity index (χ1n) is 7.78. The van der Waals surface area contributed by atoms with Crippen LogP contribution in [0, 0.1) is 5.82 Å². The summed E-state index contributed by atoms with van der Waals surface area (Å²) in [6, 6.07) is 12.8. The van der Waals surface area contributed by atoms with Crippen molar-refractivity contribution in [1.82, 2.24) is 24.5 Å². The topological polar surface area (TPSA) is 77.6 Å². The van der Waals surface area contributed by atoms with Gasteiger partial charge in [-0.15, -0.1) is 0 Å². The predicted molar refractivity (Wildman–Crippen MR) is 92.8 cm³/mol. The third-order valence-corrected chi connectivity index (χ3v) is 3.65. The summed E-state index contributed by atoms with van der Waals surface area (Å²) in [5, 5.41) is 11.2. The highest BCUT2D eigenvalue weighted by Crippen LogP contribution is 2.12. The van der Waals surface area contributed by atoms with E-state index in [2.05, 4.69) is 20.5 Å². The molecule has 128 valence electrons. The van der Waals surface area contributed by atoms with Gasteiger partial charge in [0.1, 0.15) is 5.82 Å². The van der Waals surface area contributed by atoms with Crippen molar-refractivity contribution in [3.63, 3.8) is 0 Å². The van der Waals surface area contributed by atoms with E-state index in [4.69, 9.17) is 0 Å². The molecular formula is C18H13FN6O. The molecule has 0 bridgehead atoms. The summed E-state index contributed by atoms with van der Waals surface area (Å²) in [5.41, 5.74) is 1.56. The third-order valence-electron chi connectivity index (χ3n) is 3.65. The molecular weight excluding hydrogens is 335 g/mol. The van der Waals surface area contributed by atoms with Crippen molar-refractivity contribution in [2.45, 2.75) is 0 Å². The van der Waals surface area contributed by atoms with E-state index in [1.165, 1.54) is 16.8 Å². The van der Waals surface area contributed by atoms with Crippen LogP contribution < -0.4 is 5.32 Å². The molecule has 0 radical (unpaired) electrons. The second-order valence-electron chi connectivity index (χ2n) is 5.43. The van der Waals surface area contributed by atoms with Gasteiger partial charge < -0.3 is 5.32 Å². The van der Waals surface area contributed by atoms with Crippen molar-refractivity contribution in [2.24, 2.45) is 0 Å². The van der Waals surface area contributed by atoms with E-state index in [0.717, 1.165) is 5.69 Å². The lowest BCUT2D eigenvalue weighted by Crippen LogP contribution is -2.14. The lowest BCUT2D eigenvalue weighted by atomic mass is 10.3. The second-order valence-corrected chi connectivity index (χ2v) is 5.43. The number of carbonyl (C=O) groups is 1. The van der Waals surface area contributed by atoms with Gasteiger partial charge in [0.05, 0.1) is 11.4 Å². The summed E-state index contributed by atoms with van der Waals surface area (Å²) >= 11 is 0. The summed E-state index contributed by atoms with van der Waals surface area (Å²) in [6.45, 7) is 0. The maximum absolute atomic E-state index is 13.3. The van der Waals surface area contributed by atoms with Gasteiger partial charge in [-0.3, -0.25) is 9.78 Å². The number of benzene rings is 1. The van der Waals surface area contributed by atoms with Crippen LogP contribution in [0.4, 0.5) is 10.2 Å². The molecule has 0 aliphatic rings. The van der Waals surface area contributed by atoms with Crippen LogP contribution in [0.25, 0.3) is 11.4 Å². The van der Waals surface area contributed by atoms with Crippen molar-refractivity contribution in [1.29, 1.82) is 0 Å². The van der Waals surface area contributed by atoms with Gasteiger partial charge in [-0.1, -0.05) is 6.07 Å². The highest BCUT2D eigenvalue weighted by atomic mass is 19.1. The minimum atomic E-state index is -0.403. The molecule has 0 spiro atoms. The zero-order valence-corrected chi connectivity index (χ0v) is 13.5. The Morgan fingerprint density at radius 1 is 0.923 bits per heavy atom. The normalized spacial score (nSPS) is 10.7. The van der Waals surface area contributed by atoms with Crippen LogP contribution >= 0.6 is 0 Å². The predicted octanol–water partition coefficient (Wildman–Crippen LogP) is 2.84. The van der Waals surface area contributed by atoms with Crippen LogP contribution in [-0.2, 0) is 0 Å². The number of hydrogen-bond donors (Lipinski definition) is 1. The molecule has 4 aromatic rings. The van der Waals surface area contributed by atoms with Gasteiger partial charge >= 0.3 is 0 Å². The monoisotopic (exact) mass is 348 g/mol. The van der Waals surface area contributed by atoms with Gasteiger partial charge in [0.15, 0.2) is 11.5 Å². The Morgan fingerprint density at radius 3 is 2.50 bits per heavy atom. The molecule has 1 aromatic carbocycles. The van der Waals surface area contributed by atoms with Crippen molar-refractivity contribution in [3.05, 3.63) is 84.8 Å². The maximum Gasteiger partial charge on any atom is 0.277 e. The van der Waals surface area contributed by atoms with Crippen molar-refractivity contribution in [2.75, 3.05) is 5.32 Å². The number of nitrogens with zero attached hydrogens (tertiary/aromatic N) is 5. The molecule has 8 heteroatoms. The summed E-state index contributed by atoms with van der Waals surface area (Å²) in [5.74, 6) is -0.377. The van der Waals surface area contributed by atoms with Crippen LogP contribution in [0.15, 0.2) is 73.3 Å². The van der Waals surface area contributed by atoms with Crippen LogP contribution in [-0.4, -0.2) is 30.5 Å². The van der Waals surface area contributed by atoms with Gasteiger partial charge in [0.25, 0.3) is 5.91 Å². The van der Waals surface area contributed by atoms with E-state index >= 15 is 0 Å². The molecule has 3 aromatic heterocycles. The molecule has 0 saturated carbocycles. The molecule has 4 rings (SSSR count). The summed E-state index contributed by atoms with van der Waals surface area (Å²) < 4.78 is 16.4. The fourth-order valence-electron chi connectivity index (χ4n) is 2.42. The van der Waals surface area contributed by atoms with Crippen LogP contribution in [0.3, 0.4) is 0 Å². The Morgan fingerprint density at radius 2 is 1.69 bits per heavy atom. The Bertz CT molecular complexity index is 1060. The number of amides is 1. The van der Waals surface area contributed by atoms with E-state index in [1.807, 2.05) is 0 Å². The number of nitrogens with one attached hydrogen (secondary N) is 1. The van der Waals surface area contributed by atoms with Crippen molar-refractivity contribution in [3.8, 4) is 11.4 Å². The van der Waals surface area contributed by atoms with E-state index in [1.54, 1.807) is 65.9 Å². The zero-order chi connectivity index (χ0) is 17.9. The average molecular weight is 348 g/mol. The molecule has 0 fully saturated rings. The third kappa shape index (κ3) is 3.20. The Kier molecular flexibility index (Phi) is 3.98. The first kappa shape index (κ1) is 15.7. The second kappa shape index (κ2) is 6.60. The van der Waals surface area contributed by atoms with E-state index in [9.17, 15) is 9.18 Å². The number of rotatable bonds is 4. The van der Waals surface area contributed by atoms with Crippen LogP contribution in [0.5, 0.6) is 0 Å². The Balaban J connectivity index is 1.50. The number of aromatic nitrogens is 5. The first-order chi connectivity index (χ1) is 12.7. The largest absolute Gasteiger partial charge is 0.304 e. The number of anilines is 1. The lowest BCUT2D eigenvalue weighted by Gasteiger charge is -2.02. The maximum atomic E-state index is 13.3. The van der Waals surface area contributed by atoms with Gasteiger partial charge in [-0.25, -0.2) is 13.8 Å². The fraction of sp³-hybridized carbons (Fsp3) is 0. The summed E-state index contributed by atoms with van der Waals surface area (Å²) in [6.07, 6.45) is 6.65. The SMILES string of the molecule is O=C(Nc1ccn(-c2ccncc2)n1)c1ccn(-c2cccc(F)c2)n1. The molecule has 0 unspecified atom stereocenters. The summed E-state index contributed by atoms with van der Waals surface area (Å²) in [4.78, 5) is 16.3. The van der Waals surface area contributed by atoms with E-state index < -0.39 is 5.91 Å². The van der Waals surface area contributed by atoms with Gasteiger partial charge in [-0.2, -0.15) is 10.2 Å². The van der Waals surface area contributed by atoms with Crippen molar-refractivity contribution >= 4 is 11.7 Å². The van der Waals surface area contributed by atoms with E-state index in [0.29, 0.717) is 11.5 Å². The molecule has 1 amide bonds. The molecule has 0 saturated heterocycles. The van der Waals surface area contributed by atoms with E-state index in [-0.39, 0.29) is 11.5 Å². The molecule has 7 nitrogen and oxygen atoms in total. The van der Waals surface area contributed by atoms with Gasteiger partial charge in [-0.05, 0) is 36.4 Å². The van der Waals surface area contributed by atoms with Crippen LogP contribution in [0.2, 0.25) is 0 Å². The summed E-state index contributed by atoms with van der Waals surface area (Å²) in [7, 11) is 0.